The molecule has 4 heteroatoms. The van der Waals surface area contributed by atoms with E-state index in [4.69, 9.17) is 0 Å². The van der Waals surface area contributed by atoms with Crippen LogP contribution in [0.25, 0.3) is 0 Å². The fourth-order valence-electron chi connectivity index (χ4n) is 1.16. The van der Waals surface area contributed by atoms with Gasteiger partial charge in [-0.25, -0.2) is 0 Å². The molecule has 0 aliphatic heterocycles. The summed E-state index contributed by atoms with van der Waals surface area (Å²) in [5.41, 5.74) is -0.0244. The van der Waals surface area contributed by atoms with Gasteiger partial charge < -0.3 is 9.80 Å². The largest absolute Gasteiger partial charge is 0.366 e. The summed E-state index contributed by atoms with van der Waals surface area (Å²) in [6, 6.07) is 0.358. The first-order valence-electron chi connectivity index (χ1n) is 6.76. The maximum Gasteiger partial charge on any atom is 0.0853 e. The molecule has 0 amide bonds. The zero-order valence-electron chi connectivity index (χ0n) is 13.1. The smallest absolute Gasteiger partial charge is 0.0853 e. The molecule has 0 aromatic carbocycles. The summed E-state index contributed by atoms with van der Waals surface area (Å²) in [6.07, 6.45) is 4.87. The Bertz CT molecular complexity index is 269. The van der Waals surface area contributed by atoms with Crippen molar-refractivity contribution in [3.8, 4) is 0 Å². The molecule has 4 nitrogen and oxygen atoms in total. The highest BCUT2D eigenvalue weighted by Crippen LogP contribution is 2.13. The van der Waals surface area contributed by atoms with E-state index in [1.54, 1.807) is 0 Å². The predicted molar refractivity (Wildman–Crippen MR) is 81.8 cm³/mol. The first kappa shape index (κ1) is 16.9. The number of rotatable bonds is 8. The van der Waals surface area contributed by atoms with E-state index in [1.165, 1.54) is 0 Å². The molecule has 0 heterocycles. The highest BCUT2D eigenvalue weighted by molar-refractivity contribution is 5.55. The summed E-state index contributed by atoms with van der Waals surface area (Å²) in [4.78, 5) is 13.2. The second-order valence-corrected chi connectivity index (χ2v) is 5.72. The third-order valence-electron chi connectivity index (χ3n) is 2.74. The molecule has 0 bridgehead atoms. The Hall–Kier alpha value is -1.06. The van der Waals surface area contributed by atoms with E-state index in [9.17, 15) is 0 Å². The van der Waals surface area contributed by atoms with Gasteiger partial charge in [0.15, 0.2) is 0 Å². The van der Waals surface area contributed by atoms with E-state index in [-0.39, 0.29) is 5.54 Å². The molecule has 0 spiro atoms. The van der Waals surface area contributed by atoms with Gasteiger partial charge in [0, 0.05) is 33.2 Å². The van der Waals surface area contributed by atoms with Crippen molar-refractivity contribution in [3.05, 3.63) is 0 Å². The van der Waals surface area contributed by atoms with E-state index in [1.807, 2.05) is 19.7 Å². The highest BCUT2D eigenvalue weighted by Gasteiger charge is 2.15. The molecule has 0 radical (unpaired) electrons. The van der Waals surface area contributed by atoms with Crippen LogP contribution in [0.2, 0.25) is 0 Å². The average molecular weight is 254 g/mol. The molecule has 0 rings (SSSR count). The monoisotopic (exact) mass is 254 g/mol. The Morgan fingerprint density at radius 3 is 2.22 bits per heavy atom. The fraction of sp³-hybridized carbons (Fsp3) is 0.857. The zero-order valence-corrected chi connectivity index (χ0v) is 13.1. The SMILES string of the molecule is CCN(C)C=NC(C)(C)CCN(C)C=NC(C)C. The molecule has 0 atom stereocenters. The molecule has 0 aliphatic carbocycles. The van der Waals surface area contributed by atoms with Crippen LogP contribution < -0.4 is 0 Å². The highest BCUT2D eigenvalue weighted by atomic mass is 15.1. The summed E-state index contributed by atoms with van der Waals surface area (Å²) in [7, 11) is 4.10. The summed E-state index contributed by atoms with van der Waals surface area (Å²) in [5, 5.41) is 0. The van der Waals surface area contributed by atoms with Crippen LogP contribution in [0.4, 0.5) is 0 Å². The van der Waals surface area contributed by atoms with Gasteiger partial charge in [0.05, 0.1) is 18.2 Å². The molecular weight excluding hydrogens is 224 g/mol. The van der Waals surface area contributed by atoms with Gasteiger partial charge in [0.1, 0.15) is 0 Å². The van der Waals surface area contributed by atoms with Gasteiger partial charge in [-0.3, -0.25) is 9.98 Å². The quantitative estimate of drug-likeness (QED) is 0.492. The van der Waals surface area contributed by atoms with Gasteiger partial charge in [-0.2, -0.15) is 0 Å². The first-order chi connectivity index (χ1) is 8.26. The molecule has 0 unspecified atom stereocenters. The van der Waals surface area contributed by atoms with Crippen molar-refractivity contribution < 1.29 is 0 Å². The van der Waals surface area contributed by atoms with Crippen molar-refractivity contribution in [1.82, 2.24) is 9.80 Å². The summed E-state index contributed by atoms with van der Waals surface area (Å²) in [5.74, 6) is 0. The minimum absolute atomic E-state index is 0.0244. The van der Waals surface area contributed by atoms with Gasteiger partial charge in [-0.05, 0) is 41.0 Å². The van der Waals surface area contributed by atoms with Gasteiger partial charge in [0.25, 0.3) is 0 Å². The molecule has 18 heavy (non-hydrogen) atoms. The molecule has 0 N–H and O–H groups in total. The summed E-state index contributed by atoms with van der Waals surface area (Å²) >= 11 is 0. The summed E-state index contributed by atoms with van der Waals surface area (Å²) < 4.78 is 0. The van der Waals surface area contributed by atoms with Crippen LogP contribution in [0.3, 0.4) is 0 Å². The van der Waals surface area contributed by atoms with Gasteiger partial charge in [-0.15, -0.1) is 0 Å². The topological polar surface area (TPSA) is 31.2 Å². The lowest BCUT2D eigenvalue weighted by Crippen LogP contribution is -2.28. The first-order valence-corrected chi connectivity index (χ1v) is 6.76. The van der Waals surface area contributed by atoms with Crippen LogP contribution in [0.15, 0.2) is 9.98 Å². The minimum atomic E-state index is -0.0244. The van der Waals surface area contributed by atoms with E-state index < -0.39 is 0 Å². The lowest BCUT2D eigenvalue weighted by molar-refractivity contribution is 0.396. The van der Waals surface area contributed by atoms with Crippen LogP contribution in [0.5, 0.6) is 0 Å². The minimum Gasteiger partial charge on any atom is -0.366 e. The number of aliphatic imine (C=N–C) groups is 2. The Balaban J connectivity index is 4.14. The Labute approximate surface area is 113 Å². The molecule has 106 valence electrons. The fourth-order valence-corrected chi connectivity index (χ4v) is 1.16. The van der Waals surface area contributed by atoms with Crippen molar-refractivity contribution >= 4 is 12.7 Å². The van der Waals surface area contributed by atoms with Crippen LogP contribution in [0, 0.1) is 0 Å². The van der Waals surface area contributed by atoms with Crippen molar-refractivity contribution in [2.45, 2.75) is 52.6 Å². The van der Waals surface area contributed by atoms with E-state index >= 15 is 0 Å². The third kappa shape index (κ3) is 9.02. The number of hydrogen-bond acceptors (Lipinski definition) is 2. The Morgan fingerprint density at radius 1 is 1.11 bits per heavy atom. The van der Waals surface area contributed by atoms with E-state index in [2.05, 4.69) is 61.5 Å². The standard InChI is InChI=1S/C14H30N4/c1-8-17(6)12-16-14(4,5)9-10-18(7)11-15-13(2)3/h11-13H,8-10H2,1-7H3. The van der Waals surface area contributed by atoms with Crippen LogP contribution in [0.1, 0.15) is 41.0 Å². The maximum absolute atomic E-state index is 4.62. The van der Waals surface area contributed by atoms with Crippen LogP contribution in [-0.4, -0.2) is 61.2 Å². The predicted octanol–water partition coefficient (Wildman–Crippen LogP) is 2.50. The van der Waals surface area contributed by atoms with E-state index in [0.29, 0.717) is 6.04 Å². The average Bonchev–Trinajstić information content (AvgIpc) is 2.31. The molecular formula is C14H30N4. The second kappa shape index (κ2) is 8.11. The van der Waals surface area contributed by atoms with Crippen molar-refractivity contribution in [2.75, 3.05) is 27.2 Å². The molecule has 0 fully saturated rings. The second-order valence-electron chi connectivity index (χ2n) is 5.72. The third-order valence-corrected chi connectivity index (χ3v) is 2.74. The molecule has 0 aromatic rings. The molecule has 0 saturated carbocycles. The Morgan fingerprint density at radius 2 is 1.72 bits per heavy atom. The molecule has 0 aromatic heterocycles. The van der Waals surface area contributed by atoms with Crippen molar-refractivity contribution in [2.24, 2.45) is 9.98 Å². The normalized spacial score (nSPS) is 12.9. The number of hydrogen-bond donors (Lipinski definition) is 0. The summed E-state index contributed by atoms with van der Waals surface area (Å²) in [6.45, 7) is 12.6. The lowest BCUT2D eigenvalue weighted by Gasteiger charge is -2.24. The number of nitrogens with zero attached hydrogens (tertiary/aromatic N) is 4. The molecule has 0 aliphatic rings. The Kier molecular flexibility index (Phi) is 7.64. The van der Waals surface area contributed by atoms with Crippen molar-refractivity contribution in [1.29, 1.82) is 0 Å². The zero-order chi connectivity index (χ0) is 14.2. The van der Waals surface area contributed by atoms with Gasteiger partial charge in [-0.1, -0.05) is 0 Å². The van der Waals surface area contributed by atoms with Gasteiger partial charge in [0.2, 0.25) is 0 Å². The van der Waals surface area contributed by atoms with Crippen LogP contribution in [-0.2, 0) is 0 Å². The van der Waals surface area contributed by atoms with Gasteiger partial charge >= 0.3 is 0 Å². The van der Waals surface area contributed by atoms with E-state index in [0.717, 1.165) is 19.5 Å². The lowest BCUT2D eigenvalue weighted by atomic mass is 10.0. The maximum atomic E-state index is 4.62. The van der Waals surface area contributed by atoms with Crippen molar-refractivity contribution in [3.63, 3.8) is 0 Å². The molecule has 0 saturated heterocycles. The van der Waals surface area contributed by atoms with Crippen LogP contribution >= 0.6 is 0 Å².